The number of hydrogen-bond donors (Lipinski definition) is 2. The van der Waals surface area contributed by atoms with Crippen molar-refractivity contribution in [3.05, 3.63) is 23.8 Å². The lowest BCUT2D eigenvalue weighted by Crippen LogP contribution is -2.49. The van der Waals surface area contributed by atoms with Crippen LogP contribution in [-0.2, 0) is 9.53 Å². The molecule has 1 aromatic carbocycles. The largest absolute Gasteiger partial charge is 0.486 e. The molecule has 0 aliphatic carbocycles. The molecule has 0 radical (unpaired) electrons. The number of aliphatic hydroxyl groups excluding tert-OH is 1. The number of likely N-dealkylation sites (tertiary alicyclic amines) is 1. The van der Waals surface area contributed by atoms with Crippen LogP contribution in [-0.4, -0.2) is 68.0 Å². The molecule has 1 fully saturated rings. The normalized spacial score (nSPS) is 20.2. The van der Waals surface area contributed by atoms with Gasteiger partial charge in [0, 0.05) is 26.1 Å². The molecule has 1 amide bonds. The Hall–Kier alpha value is -1.83. The Morgan fingerprint density at radius 3 is 2.78 bits per heavy atom. The van der Waals surface area contributed by atoms with Crippen LogP contribution in [0.3, 0.4) is 0 Å². The first-order valence-corrected chi connectivity index (χ1v) is 12.2. The van der Waals surface area contributed by atoms with Gasteiger partial charge < -0.3 is 24.6 Å². The first-order chi connectivity index (χ1) is 15.6. The lowest BCUT2D eigenvalue weighted by Gasteiger charge is -2.32. The molecule has 1 saturated heterocycles. The number of nitrogens with one attached hydrogen (secondary N) is 1. The second kappa shape index (κ2) is 13.0. The molecule has 32 heavy (non-hydrogen) atoms. The van der Waals surface area contributed by atoms with Crippen LogP contribution in [0, 0.1) is 0 Å². The summed E-state index contributed by atoms with van der Waals surface area (Å²) in [4.78, 5) is 15.1. The fraction of sp³-hybridized carbons (Fsp3) is 0.720. The highest BCUT2D eigenvalue weighted by Gasteiger charge is 2.31. The maximum atomic E-state index is 12.7. The van der Waals surface area contributed by atoms with Crippen LogP contribution in [0.2, 0.25) is 0 Å². The SMILES string of the molecule is CCCCCCCC(=O)N[C@H](CN1CCC[C@H]1COC)[C@@H](O)c1ccc2c(c1)OCCO2. The molecule has 0 bridgehead atoms. The summed E-state index contributed by atoms with van der Waals surface area (Å²) in [5, 5.41) is 14.4. The smallest absolute Gasteiger partial charge is 0.220 e. The van der Waals surface area contributed by atoms with E-state index in [9.17, 15) is 9.90 Å². The van der Waals surface area contributed by atoms with E-state index < -0.39 is 12.1 Å². The van der Waals surface area contributed by atoms with Gasteiger partial charge in [-0.15, -0.1) is 0 Å². The van der Waals surface area contributed by atoms with Crippen molar-refractivity contribution in [2.75, 3.05) is 40.0 Å². The first-order valence-electron chi connectivity index (χ1n) is 12.2. The Kier molecular flexibility index (Phi) is 10.1. The van der Waals surface area contributed by atoms with E-state index in [2.05, 4.69) is 17.1 Å². The zero-order valence-electron chi connectivity index (χ0n) is 19.7. The number of fused-ring (bicyclic) bond motifs is 1. The Morgan fingerprint density at radius 2 is 2.00 bits per heavy atom. The number of benzene rings is 1. The minimum Gasteiger partial charge on any atom is -0.486 e. The van der Waals surface area contributed by atoms with E-state index in [4.69, 9.17) is 14.2 Å². The predicted molar refractivity (Wildman–Crippen MR) is 124 cm³/mol. The Labute approximate surface area is 192 Å². The van der Waals surface area contributed by atoms with Crippen LogP contribution in [0.1, 0.15) is 70.0 Å². The summed E-state index contributed by atoms with van der Waals surface area (Å²) in [5.41, 5.74) is 0.727. The number of carbonyl (C=O) groups excluding carboxylic acids is 1. The van der Waals surface area contributed by atoms with Crippen molar-refractivity contribution in [1.29, 1.82) is 0 Å². The van der Waals surface area contributed by atoms with Gasteiger partial charge in [0.1, 0.15) is 19.3 Å². The van der Waals surface area contributed by atoms with Gasteiger partial charge in [-0.05, 0) is 43.5 Å². The van der Waals surface area contributed by atoms with E-state index in [1.165, 1.54) is 19.3 Å². The van der Waals surface area contributed by atoms with E-state index in [0.717, 1.165) is 37.8 Å². The lowest BCUT2D eigenvalue weighted by molar-refractivity contribution is -0.123. The molecule has 180 valence electrons. The number of amides is 1. The summed E-state index contributed by atoms with van der Waals surface area (Å²) in [7, 11) is 1.72. The fourth-order valence-corrected chi connectivity index (χ4v) is 4.64. The monoisotopic (exact) mass is 448 g/mol. The summed E-state index contributed by atoms with van der Waals surface area (Å²) < 4.78 is 16.7. The number of carbonyl (C=O) groups is 1. The second-order valence-corrected chi connectivity index (χ2v) is 8.93. The highest BCUT2D eigenvalue weighted by molar-refractivity contribution is 5.76. The molecule has 2 N–H and O–H groups in total. The highest BCUT2D eigenvalue weighted by Crippen LogP contribution is 2.34. The van der Waals surface area contributed by atoms with Crippen LogP contribution >= 0.6 is 0 Å². The molecule has 0 aromatic heterocycles. The number of hydrogen-bond acceptors (Lipinski definition) is 6. The van der Waals surface area contributed by atoms with Gasteiger partial charge in [0.25, 0.3) is 0 Å². The fourth-order valence-electron chi connectivity index (χ4n) is 4.64. The van der Waals surface area contributed by atoms with Gasteiger partial charge >= 0.3 is 0 Å². The number of unbranched alkanes of at least 4 members (excludes halogenated alkanes) is 4. The van der Waals surface area contributed by atoms with Crippen molar-refractivity contribution in [3.8, 4) is 11.5 Å². The van der Waals surface area contributed by atoms with Gasteiger partial charge in [0.15, 0.2) is 11.5 Å². The minimum absolute atomic E-state index is 0.00517. The van der Waals surface area contributed by atoms with Crippen molar-refractivity contribution in [2.45, 2.75) is 76.5 Å². The maximum Gasteiger partial charge on any atom is 0.220 e. The zero-order chi connectivity index (χ0) is 22.8. The molecule has 7 heteroatoms. The average Bonchev–Trinajstić information content (AvgIpc) is 3.24. The molecule has 2 aliphatic rings. The zero-order valence-corrected chi connectivity index (χ0v) is 19.7. The predicted octanol–water partition coefficient (Wildman–Crippen LogP) is 3.45. The minimum atomic E-state index is -0.835. The van der Waals surface area contributed by atoms with Crippen LogP contribution < -0.4 is 14.8 Å². The standard InChI is InChI=1S/C25H40N2O5/c1-3-4-5-6-7-10-24(28)26-21(17-27-13-8-9-20(27)18-30-2)25(29)19-11-12-22-23(16-19)32-15-14-31-22/h11-12,16,20-21,25,29H,3-10,13-15,17-18H2,1-2H3,(H,26,28)/t20-,21+,25-/m0/s1. The van der Waals surface area contributed by atoms with Gasteiger partial charge in [0.2, 0.25) is 5.91 Å². The molecule has 7 nitrogen and oxygen atoms in total. The number of ether oxygens (including phenoxy) is 3. The molecule has 0 saturated carbocycles. The first kappa shape index (κ1) is 24.8. The summed E-state index contributed by atoms with van der Waals surface area (Å²) in [5.74, 6) is 1.34. The molecule has 3 rings (SSSR count). The second-order valence-electron chi connectivity index (χ2n) is 8.93. The highest BCUT2D eigenvalue weighted by atomic mass is 16.6. The van der Waals surface area contributed by atoms with E-state index in [1.54, 1.807) is 7.11 Å². The number of aliphatic hydroxyl groups is 1. The van der Waals surface area contributed by atoms with Crippen molar-refractivity contribution in [1.82, 2.24) is 10.2 Å². The van der Waals surface area contributed by atoms with Crippen LogP contribution in [0.4, 0.5) is 0 Å². The Bertz CT molecular complexity index is 714. The topological polar surface area (TPSA) is 80.3 Å². The van der Waals surface area contributed by atoms with Crippen LogP contribution in [0.5, 0.6) is 11.5 Å². The Morgan fingerprint density at radius 1 is 1.22 bits per heavy atom. The summed E-state index contributed by atoms with van der Waals surface area (Å²) in [6, 6.07) is 5.45. The summed E-state index contributed by atoms with van der Waals surface area (Å²) in [6.45, 7) is 5.42. The molecule has 1 aromatic rings. The van der Waals surface area contributed by atoms with Gasteiger partial charge in [-0.2, -0.15) is 0 Å². The van der Waals surface area contributed by atoms with E-state index in [0.29, 0.717) is 50.3 Å². The summed E-state index contributed by atoms with van der Waals surface area (Å²) in [6.07, 6.45) is 7.36. The number of methoxy groups -OCH3 is 1. The van der Waals surface area contributed by atoms with E-state index >= 15 is 0 Å². The van der Waals surface area contributed by atoms with Crippen molar-refractivity contribution >= 4 is 5.91 Å². The van der Waals surface area contributed by atoms with Crippen molar-refractivity contribution in [3.63, 3.8) is 0 Å². The molecule has 0 spiro atoms. The Balaban J connectivity index is 1.67. The average molecular weight is 449 g/mol. The van der Waals surface area contributed by atoms with Crippen molar-refractivity contribution in [2.24, 2.45) is 0 Å². The third-order valence-electron chi connectivity index (χ3n) is 6.43. The van der Waals surface area contributed by atoms with Crippen molar-refractivity contribution < 1.29 is 24.1 Å². The lowest BCUT2D eigenvalue weighted by atomic mass is 10.00. The van der Waals surface area contributed by atoms with Gasteiger partial charge in [-0.3, -0.25) is 9.69 Å². The molecular weight excluding hydrogens is 408 g/mol. The third-order valence-corrected chi connectivity index (χ3v) is 6.43. The summed E-state index contributed by atoms with van der Waals surface area (Å²) >= 11 is 0. The van der Waals surface area contributed by atoms with Crippen LogP contribution in [0.15, 0.2) is 18.2 Å². The van der Waals surface area contributed by atoms with E-state index in [-0.39, 0.29) is 5.91 Å². The molecular formula is C25H40N2O5. The molecule has 0 unspecified atom stereocenters. The van der Waals surface area contributed by atoms with Gasteiger partial charge in [0.05, 0.1) is 12.6 Å². The molecule has 2 aliphatic heterocycles. The van der Waals surface area contributed by atoms with Gasteiger partial charge in [-0.1, -0.05) is 38.7 Å². The van der Waals surface area contributed by atoms with Crippen LogP contribution in [0.25, 0.3) is 0 Å². The number of rotatable bonds is 13. The maximum absolute atomic E-state index is 12.7. The quantitative estimate of drug-likeness (QED) is 0.450. The molecule has 2 heterocycles. The van der Waals surface area contributed by atoms with Gasteiger partial charge in [-0.25, -0.2) is 0 Å². The number of nitrogens with zero attached hydrogens (tertiary/aromatic N) is 1. The van der Waals surface area contributed by atoms with E-state index in [1.807, 2.05) is 18.2 Å². The molecule has 3 atom stereocenters. The third kappa shape index (κ3) is 7.09.